The van der Waals surface area contributed by atoms with Crippen molar-refractivity contribution in [1.82, 2.24) is 0 Å². The fraction of sp³-hybridized carbons (Fsp3) is 0. The van der Waals surface area contributed by atoms with Crippen molar-refractivity contribution in [2.45, 2.75) is 0 Å². The third-order valence-electron chi connectivity index (χ3n) is 0. The first-order chi connectivity index (χ1) is 1.73. The monoisotopic (exact) mass is 147 g/mol. The molecule has 0 atom stereocenters. The summed E-state index contributed by atoms with van der Waals surface area (Å²) < 4.78 is 25.8. The standard InChI is InChI=1S/Mo.3O/i1+3;;;. The SMILES string of the molecule is [O]=[99Mo](=[O])=[O]. The Morgan fingerprint density at radius 2 is 1.00 bits per heavy atom. The predicted molar refractivity (Wildman–Crippen MR) is 2.06 cm³/mol. The van der Waals surface area contributed by atoms with Crippen LogP contribution < -0.4 is 0 Å². The fourth-order valence-corrected chi connectivity index (χ4v) is 0. The van der Waals surface area contributed by atoms with Crippen molar-refractivity contribution in [3.63, 3.8) is 0 Å². The Balaban J connectivity index is 4.65. The number of hydrogen-bond donors (Lipinski definition) is 0. The Morgan fingerprint density at radius 3 is 1.00 bits per heavy atom. The minimum absolute atomic E-state index is 4.11. The maximum atomic E-state index is 8.59. The summed E-state index contributed by atoms with van der Waals surface area (Å²) in [4.78, 5) is 0. The van der Waals surface area contributed by atoms with Gasteiger partial charge in [0.25, 0.3) is 0 Å². The second-order valence-corrected chi connectivity index (χ2v) is 1.21. The van der Waals surface area contributed by atoms with Crippen LogP contribution in [0.2, 0.25) is 0 Å². The molecule has 0 amide bonds. The molecule has 4 heteroatoms. The molecule has 0 aliphatic rings. The molecule has 0 aromatic heterocycles. The summed E-state index contributed by atoms with van der Waals surface area (Å²) in [6.45, 7) is 0. The number of hydrogen-bond acceptors (Lipinski definition) is 3. The van der Waals surface area contributed by atoms with Gasteiger partial charge in [-0.1, -0.05) is 0 Å². The molecular weight excluding hydrogens is 147 g/mol. The van der Waals surface area contributed by atoms with Gasteiger partial charge in [-0.2, -0.15) is 0 Å². The van der Waals surface area contributed by atoms with Crippen LogP contribution in [0.15, 0.2) is 0 Å². The predicted octanol–water partition coefficient (Wildman–Crippen LogP) is -0.359. The zero-order chi connectivity index (χ0) is 3.58. The van der Waals surface area contributed by atoms with Crippen LogP contribution in [-0.4, -0.2) is 0 Å². The van der Waals surface area contributed by atoms with E-state index in [2.05, 4.69) is 0 Å². The summed E-state index contributed by atoms with van der Waals surface area (Å²) in [6.07, 6.45) is 0. The van der Waals surface area contributed by atoms with Gasteiger partial charge in [0.05, 0.1) is 0 Å². The molecule has 0 saturated heterocycles. The van der Waals surface area contributed by atoms with Crippen LogP contribution in [0.1, 0.15) is 0 Å². The molecule has 0 N–H and O–H groups in total. The van der Waals surface area contributed by atoms with E-state index in [0.717, 1.165) is 0 Å². The summed E-state index contributed by atoms with van der Waals surface area (Å²) in [7, 11) is 0. The Hall–Kier alpha value is 0.0883. The average Bonchev–Trinajstić information content (AvgIpc) is 0.811. The molecule has 0 rings (SSSR count). The molecule has 0 heterocycles. The van der Waals surface area contributed by atoms with Crippen molar-refractivity contribution in [3.05, 3.63) is 0 Å². The van der Waals surface area contributed by atoms with Gasteiger partial charge in [0.1, 0.15) is 0 Å². The molecule has 24 valence electrons. The van der Waals surface area contributed by atoms with Crippen molar-refractivity contribution in [1.29, 1.82) is 0 Å². The van der Waals surface area contributed by atoms with Gasteiger partial charge < -0.3 is 0 Å². The first-order valence-electron chi connectivity index (χ1n) is 0.500. The Morgan fingerprint density at radius 1 is 1.00 bits per heavy atom. The minimum atomic E-state index is -4.11. The van der Waals surface area contributed by atoms with Crippen LogP contribution in [0, 0.1) is 0 Å². The first-order valence-corrected chi connectivity index (χ1v) is 2.96. The van der Waals surface area contributed by atoms with E-state index >= 15 is 0 Å². The van der Waals surface area contributed by atoms with Crippen LogP contribution >= 0.6 is 0 Å². The van der Waals surface area contributed by atoms with Gasteiger partial charge in [0, 0.05) is 0 Å². The molecule has 0 radical (unpaired) electrons. The molecule has 0 aliphatic carbocycles. The molecule has 0 fully saturated rings. The van der Waals surface area contributed by atoms with E-state index in [9.17, 15) is 0 Å². The summed E-state index contributed by atoms with van der Waals surface area (Å²) in [6, 6.07) is 0. The van der Waals surface area contributed by atoms with Gasteiger partial charge in [-0.15, -0.1) is 0 Å². The van der Waals surface area contributed by atoms with Gasteiger partial charge in [-0.05, 0) is 0 Å². The summed E-state index contributed by atoms with van der Waals surface area (Å²) in [5.41, 5.74) is 0. The van der Waals surface area contributed by atoms with Gasteiger partial charge in [-0.3, -0.25) is 0 Å². The second kappa shape index (κ2) is 1.41. The van der Waals surface area contributed by atoms with Gasteiger partial charge in [0.15, 0.2) is 0 Å². The quantitative estimate of drug-likeness (QED) is 0.439. The average molecular weight is 147 g/mol. The first kappa shape index (κ1) is 4.09. The van der Waals surface area contributed by atoms with Crippen molar-refractivity contribution in [2.75, 3.05) is 0 Å². The van der Waals surface area contributed by atoms with E-state index < -0.39 is 17.2 Å². The van der Waals surface area contributed by atoms with Gasteiger partial charge in [-0.25, -0.2) is 0 Å². The Labute approximate surface area is 28.1 Å². The van der Waals surface area contributed by atoms with Crippen LogP contribution in [0.3, 0.4) is 0 Å². The van der Waals surface area contributed by atoms with Crippen LogP contribution in [0.5, 0.6) is 0 Å². The van der Waals surface area contributed by atoms with E-state index in [1.54, 1.807) is 0 Å². The normalized spacial score (nSPS) is 6.00. The summed E-state index contributed by atoms with van der Waals surface area (Å²) in [5.74, 6) is 0. The maximum absolute atomic E-state index is 8.59. The third-order valence-corrected chi connectivity index (χ3v) is 0. The molecular formula is MoO3. The van der Waals surface area contributed by atoms with Crippen molar-refractivity contribution >= 4 is 0 Å². The topological polar surface area (TPSA) is 51.2 Å². The zero-order valence-corrected chi connectivity index (χ0v) is 3.64. The van der Waals surface area contributed by atoms with E-state index in [4.69, 9.17) is 10.2 Å². The second-order valence-electron chi connectivity index (χ2n) is 0.204. The molecule has 0 saturated carbocycles. The Bertz CT molecular complexity index is 72.7. The van der Waals surface area contributed by atoms with Gasteiger partial charge >= 0.3 is 27.4 Å². The van der Waals surface area contributed by atoms with Crippen molar-refractivity contribution in [3.8, 4) is 0 Å². The zero-order valence-electron chi connectivity index (χ0n) is 1.63. The van der Waals surface area contributed by atoms with Crippen molar-refractivity contribution in [2.24, 2.45) is 0 Å². The van der Waals surface area contributed by atoms with Crippen LogP contribution in [0.4, 0.5) is 0 Å². The Kier molecular flexibility index (Phi) is 1.44. The van der Waals surface area contributed by atoms with E-state index in [-0.39, 0.29) is 0 Å². The third kappa shape index (κ3) is 317. The molecule has 0 aromatic carbocycles. The van der Waals surface area contributed by atoms with E-state index in [1.165, 1.54) is 0 Å². The molecule has 0 spiro atoms. The molecule has 0 aromatic rings. The summed E-state index contributed by atoms with van der Waals surface area (Å²) >= 11 is -4.11. The summed E-state index contributed by atoms with van der Waals surface area (Å²) in [5, 5.41) is 0. The molecule has 4 heavy (non-hydrogen) atoms. The van der Waals surface area contributed by atoms with Crippen LogP contribution in [-0.2, 0) is 27.4 Å². The number of rotatable bonds is 0. The van der Waals surface area contributed by atoms with E-state index in [0.29, 0.717) is 0 Å². The van der Waals surface area contributed by atoms with E-state index in [1.807, 2.05) is 0 Å². The molecule has 0 bridgehead atoms. The molecule has 0 aliphatic heterocycles. The molecule has 3 nitrogen and oxygen atoms in total. The fourth-order valence-electron chi connectivity index (χ4n) is 0. The molecule has 0 unspecified atom stereocenters. The van der Waals surface area contributed by atoms with Crippen molar-refractivity contribution < 1.29 is 27.4 Å². The van der Waals surface area contributed by atoms with Crippen LogP contribution in [0.25, 0.3) is 0 Å². The van der Waals surface area contributed by atoms with Gasteiger partial charge in [0.2, 0.25) is 0 Å².